The number of hydrogen-bond acceptors (Lipinski definition) is 6. The Labute approximate surface area is 232 Å². The summed E-state index contributed by atoms with van der Waals surface area (Å²) in [4.78, 5) is 53.9. The second-order valence-electron chi connectivity index (χ2n) is 9.11. The number of allylic oxidation sites excluding steroid dienone is 1. The highest BCUT2D eigenvalue weighted by Crippen LogP contribution is 2.28. The van der Waals surface area contributed by atoms with Crippen LogP contribution >= 0.6 is 0 Å². The Bertz CT molecular complexity index is 1480. The van der Waals surface area contributed by atoms with E-state index in [1.165, 1.54) is 39.9 Å². The van der Waals surface area contributed by atoms with Crippen LogP contribution in [0.1, 0.15) is 18.5 Å². The van der Waals surface area contributed by atoms with Gasteiger partial charge in [0, 0.05) is 37.4 Å². The first-order chi connectivity index (χ1) is 19.5. The molecule has 220 valence electrons. The van der Waals surface area contributed by atoms with Crippen molar-refractivity contribution in [2.45, 2.75) is 31.9 Å². The zero-order valence-electron chi connectivity index (χ0n) is 22.6. The average molecular weight is 578 g/mol. The summed E-state index contributed by atoms with van der Waals surface area (Å²) in [6.07, 6.45) is 1.16. The molecule has 1 atom stereocenters. The van der Waals surface area contributed by atoms with E-state index in [2.05, 4.69) is 20.4 Å². The number of rotatable bonds is 12. The Balaban J connectivity index is 1.77. The Morgan fingerprint density at radius 2 is 1.95 bits per heavy atom. The van der Waals surface area contributed by atoms with Crippen LogP contribution in [0.2, 0.25) is 0 Å². The summed E-state index contributed by atoms with van der Waals surface area (Å²) in [6.45, 7) is -0.938. The molecular formula is C27H30F3N5O6. The van der Waals surface area contributed by atoms with Gasteiger partial charge in [-0.05, 0) is 43.2 Å². The number of aromatic nitrogens is 2. The summed E-state index contributed by atoms with van der Waals surface area (Å²) in [5.74, 6) is -1.69. The van der Waals surface area contributed by atoms with Crippen molar-refractivity contribution in [2.24, 2.45) is 0 Å². The largest absolute Gasteiger partial charge is 0.485 e. The molecule has 0 fully saturated rings. The standard InChI is InChI=1S/C27H30F3N5O6/c1-34(2)23(36)9-5-4-7-19(33-27(39)40-3)25(37)32-20-8-6-10-35(26(20)38)14-18-12-16-11-17(28)13-21(24(16)31-18)41-15-22(29)30/h5-6,8-13,19,22,31H,4,7,14-15H2,1-3H3,(H,32,37)(H,33,39)/b9-5+. The van der Waals surface area contributed by atoms with Crippen molar-refractivity contribution in [3.05, 3.63) is 70.5 Å². The number of likely N-dealkylation sites (N-methyl/N-ethyl adjacent to an activating group) is 1. The topological polar surface area (TPSA) is 135 Å². The summed E-state index contributed by atoms with van der Waals surface area (Å²) in [6, 6.07) is 5.57. The smallest absolute Gasteiger partial charge is 0.407 e. The summed E-state index contributed by atoms with van der Waals surface area (Å²) in [7, 11) is 4.33. The first-order valence-corrected chi connectivity index (χ1v) is 12.4. The van der Waals surface area contributed by atoms with Crippen molar-refractivity contribution in [1.82, 2.24) is 19.8 Å². The quantitative estimate of drug-likeness (QED) is 0.283. The summed E-state index contributed by atoms with van der Waals surface area (Å²) in [5, 5.41) is 5.28. The van der Waals surface area contributed by atoms with Gasteiger partial charge in [0.05, 0.1) is 19.2 Å². The predicted octanol–water partition coefficient (Wildman–Crippen LogP) is 3.25. The molecule has 1 aromatic carbocycles. The van der Waals surface area contributed by atoms with Gasteiger partial charge in [-0.15, -0.1) is 0 Å². The third-order valence-electron chi connectivity index (χ3n) is 5.81. The van der Waals surface area contributed by atoms with Crippen LogP contribution in [0.5, 0.6) is 5.75 Å². The van der Waals surface area contributed by atoms with E-state index in [-0.39, 0.29) is 42.2 Å². The number of nitrogens with zero attached hydrogens (tertiary/aromatic N) is 2. The van der Waals surface area contributed by atoms with E-state index in [0.717, 1.165) is 13.2 Å². The number of carbonyl (C=O) groups is 3. The molecule has 11 nitrogen and oxygen atoms in total. The minimum Gasteiger partial charge on any atom is -0.485 e. The molecule has 3 amide bonds. The van der Waals surface area contributed by atoms with Gasteiger partial charge in [0.2, 0.25) is 11.8 Å². The third-order valence-corrected chi connectivity index (χ3v) is 5.81. The van der Waals surface area contributed by atoms with Gasteiger partial charge in [-0.1, -0.05) is 6.08 Å². The summed E-state index contributed by atoms with van der Waals surface area (Å²) < 4.78 is 50.1. The van der Waals surface area contributed by atoms with E-state index in [4.69, 9.17) is 4.74 Å². The van der Waals surface area contributed by atoms with Crippen LogP contribution in [0.3, 0.4) is 0 Å². The second kappa shape index (κ2) is 14.1. The van der Waals surface area contributed by atoms with E-state index in [9.17, 15) is 32.3 Å². The Morgan fingerprint density at radius 1 is 1.20 bits per heavy atom. The van der Waals surface area contributed by atoms with Gasteiger partial charge in [0.25, 0.3) is 12.0 Å². The summed E-state index contributed by atoms with van der Waals surface area (Å²) >= 11 is 0. The number of benzene rings is 1. The highest BCUT2D eigenvalue weighted by molar-refractivity contribution is 5.96. The monoisotopic (exact) mass is 577 g/mol. The third kappa shape index (κ3) is 8.62. The van der Waals surface area contributed by atoms with Gasteiger partial charge < -0.3 is 34.6 Å². The fourth-order valence-electron chi connectivity index (χ4n) is 3.81. The van der Waals surface area contributed by atoms with Crippen molar-refractivity contribution in [3.63, 3.8) is 0 Å². The molecule has 2 heterocycles. The minimum atomic E-state index is -2.74. The molecule has 0 saturated carbocycles. The van der Waals surface area contributed by atoms with E-state index in [1.54, 1.807) is 26.2 Å². The lowest BCUT2D eigenvalue weighted by Gasteiger charge is -2.17. The number of H-pyrrole nitrogens is 1. The zero-order chi connectivity index (χ0) is 30.1. The first kappa shape index (κ1) is 30.8. The van der Waals surface area contributed by atoms with Gasteiger partial charge in [-0.2, -0.15) is 0 Å². The molecule has 0 aliphatic carbocycles. The van der Waals surface area contributed by atoms with Gasteiger partial charge >= 0.3 is 6.09 Å². The van der Waals surface area contributed by atoms with Gasteiger partial charge in [-0.25, -0.2) is 18.0 Å². The molecule has 3 rings (SSSR count). The molecule has 14 heteroatoms. The number of methoxy groups -OCH3 is 1. The van der Waals surface area contributed by atoms with Crippen LogP contribution in [0, 0.1) is 5.82 Å². The number of anilines is 1. The fraction of sp³-hybridized carbons (Fsp3) is 0.333. The number of halogens is 3. The minimum absolute atomic E-state index is 0.0261. The van der Waals surface area contributed by atoms with E-state index in [1.807, 2.05) is 0 Å². The Kier molecular flexibility index (Phi) is 10.6. The highest BCUT2D eigenvalue weighted by Gasteiger charge is 2.22. The van der Waals surface area contributed by atoms with Crippen LogP contribution < -0.4 is 20.9 Å². The number of amides is 3. The molecule has 0 bridgehead atoms. The van der Waals surface area contributed by atoms with Crippen LogP contribution in [0.15, 0.2) is 53.5 Å². The molecule has 0 radical (unpaired) electrons. The number of pyridine rings is 1. The first-order valence-electron chi connectivity index (χ1n) is 12.4. The number of ether oxygens (including phenoxy) is 2. The lowest BCUT2D eigenvalue weighted by atomic mass is 10.1. The van der Waals surface area contributed by atoms with Crippen LogP contribution in [0.4, 0.5) is 23.7 Å². The molecule has 0 spiro atoms. The number of alkyl carbamates (subject to hydrolysis) is 1. The van der Waals surface area contributed by atoms with E-state index >= 15 is 0 Å². The maximum Gasteiger partial charge on any atom is 0.407 e. The van der Waals surface area contributed by atoms with Crippen molar-refractivity contribution in [2.75, 3.05) is 33.1 Å². The molecule has 2 aromatic heterocycles. The SMILES string of the molecule is COC(=O)NC(CC/C=C/C(=O)N(C)C)C(=O)Nc1cccn(Cc2cc3cc(F)cc(OCC(F)F)c3[nH]2)c1=O. The maximum atomic E-state index is 14.0. The average Bonchev–Trinajstić information content (AvgIpc) is 3.32. The number of hydrogen-bond donors (Lipinski definition) is 3. The number of carbonyl (C=O) groups excluding carboxylic acids is 3. The number of fused-ring (bicyclic) bond motifs is 1. The van der Waals surface area contributed by atoms with Crippen LogP contribution in [-0.2, 0) is 20.9 Å². The number of aromatic amines is 1. The Morgan fingerprint density at radius 3 is 2.63 bits per heavy atom. The molecule has 1 unspecified atom stereocenters. The van der Waals surface area contributed by atoms with Gasteiger partial charge in [0.15, 0.2) is 0 Å². The lowest BCUT2D eigenvalue weighted by Crippen LogP contribution is -2.44. The predicted molar refractivity (Wildman–Crippen MR) is 145 cm³/mol. The van der Waals surface area contributed by atoms with Gasteiger partial charge in [0.1, 0.15) is 29.9 Å². The van der Waals surface area contributed by atoms with Crippen molar-refractivity contribution < 1.29 is 37.0 Å². The molecule has 3 aromatic rings. The molecule has 41 heavy (non-hydrogen) atoms. The molecular weight excluding hydrogens is 547 g/mol. The molecule has 0 aliphatic rings. The van der Waals surface area contributed by atoms with Gasteiger partial charge in [-0.3, -0.25) is 14.4 Å². The molecule has 0 aliphatic heterocycles. The zero-order valence-corrected chi connectivity index (χ0v) is 22.6. The van der Waals surface area contributed by atoms with Crippen molar-refractivity contribution >= 4 is 34.5 Å². The summed E-state index contributed by atoms with van der Waals surface area (Å²) in [5.41, 5.74) is 0.0868. The molecule has 3 N–H and O–H groups in total. The second-order valence-corrected chi connectivity index (χ2v) is 9.11. The highest BCUT2D eigenvalue weighted by atomic mass is 19.3. The fourth-order valence-corrected chi connectivity index (χ4v) is 3.81. The lowest BCUT2D eigenvalue weighted by molar-refractivity contribution is -0.123. The van der Waals surface area contributed by atoms with Crippen molar-refractivity contribution in [1.29, 1.82) is 0 Å². The molecule has 0 saturated heterocycles. The van der Waals surface area contributed by atoms with Crippen LogP contribution in [0.25, 0.3) is 10.9 Å². The van der Waals surface area contributed by atoms with E-state index < -0.39 is 42.5 Å². The Hall–Kier alpha value is -4.75. The van der Waals surface area contributed by atoms with Crippen molar-refractivity contribution in [3.8, 4) is 5.75 Å². The maximum absolute atomic E-state index is 14.0. The van der Waals surface area contributed by atoms with E-state index in [0.29, 0.717) is 11.1 Å². The number of alkyl halides is 2. The number of nitrogens with one attached hydrogen (secondary N) is 3. The van der Waals surface area contributed by atoms with Crippen LogP contribution in [-0.4, -0.2) is 72.6 Å². The normalized spacial score (nSPS) is 12.0.